The first-order chi connectivity index (χ1) is 22.9. The fraction of sp³-hybridized carbons (Fsp3) is 0.750. The first-order valence-corrected chi connectivity index (χ1v) is 20.2. The molecule has 13 heteroatoms. The summed E-state index contributed by atoms with van der Waals surface area (Å²) in [6.45, 7) is 19.1. The summed E-state index contributed by atoms with van der Waals surface area (Å²) in [6.07, 6.45) is -1.54. The molecule has 1 N–H and O–H groups in total. The Balaban J connectivity index is 1.52. The molecule has 4 aliphatic rings. The molecule has 0 saturated carbocycles. The van der Waals surface area contributed by atoms with Gasteiger partial charge in [-0.2, -0.15) is 0 Å². The van der Waals surface area contributed by atoms with Crippen LogP contribution in [-0.4, -0.2) is 103 Å². The summed E-state index contributed by atoms with van der Waals surface area (Å²) < 4.78 is 62.3. The van der Waals surface area contributed by atoms with Crippen LogP contribution in [0.15, 0.2) is 42.0 Å². The number of carbonyl (C=O) groups excluding carboxylic acids is 1. The number of benzene rings is 1. The molecule has 3 aliphatic heterocycles. The molecular formula is C36H57NO11Si. The van der Waals surface area contributed by atoms with Crippen LogP contribution in [0.3, 0.4) is 0 Å². The van der Waals surface area contributed by atoms with Gasteiger partial charge in [0.2, 0.25) is 0 Å². The van der Waals surface area contributed by atoms with Gasteiger partial charge in [-0.05, 0) is 63.4 Å². The van der Waals surface area contributed by atoms with Gasteiger partial charge in [0, 0.05) is 20.1 Å². The number of nitrogens with one attached hydrogen (secondary N) is 1. The zero-order valence-corrected chi connectivity index (χ0v) is 32.0. The second-order valence-electron chi connectivity index (χ2n) is 15.8. The highest BCUT2D eigenvalue weighted by Crippen LogP contribution is 2.47. The fourth-order valence-electron chi connectivity index (χ4n) is 6.78. The molecule has 9 atom stereocenters. The number of hydrogen-bond acceptors (Lipinski definition) is 11. The molecule has 12 nitrogen and oxygen atoms in total. The number of ether oxygens (including phenoxy) is 9. The van der Waals surface area contributed by atoms with Gasteiger partial charge in [0.05, 0.1) is 24.9 Å². The van der Waals surface area contributed by atoms with Crippen molar-refractivity contribution in [1.82, 2.24) is 5.32 Å². The van der Waals surface area contributed by atoms with E-state index in [4.69, 9.17) is 47.1 Å². The van der Waals surface area contributed by atoms with Gasteiger partial charge in [0.25, 0.3) is 0 Å². The summed E-state index contributed by atoms with van der Waals surface area (Å²) in [6, 6.07) is 9.01. The zero-order valence-electron chi connectivity index (χ0n) is 31.0. The third-order valence-electron chi connectivity index (χ3n) is 10.2. The molecule has 0 aromatic heterocycles. The molecule has 3 heterocycles. The molecule has 5 rings (SSSR count). The van der Waals surface area contributed by atoms with Gasteiger partial charge in [-0.3, -0.25) is 0 Å². The number of fused-ring (bicyclic) bond motifs is 2. The van der Waals surface area contributed by atoms with Crippen molar-refractivity contribution < 1.29 is 51.9 Å². The Bertz CT molecular complexity index is 1300. The van der Waals surface area contributed by atoms with Crippen LogP contribution in [0.2, 0.25) is 18.1 Å². The van der Waals surface area contributed by atoms with E-state index >= 15 is 0 Å². The molecule has 0 bridgehead atoms. The van der Waals surface area contributed by atoms with Crippen molar-refractivity contribution in [3.05, 3.63) is 47.5 Å². The van der Waals surface area contributed by atoms with Crippen LogP contribution in [0, 0.1) is 5.92 Å². The van der Waals surface area contributed by atoms with Gasteiger partial charge in [-0.1, -0.05) is 57.2 Å². The maximum Gasteiger partial charge on any atom is 0.408 e. The lowest BCUT2D eigenvalue weighted by Gasteiger charge is -2.51. The normalized spacial score (nSPS) is 34.0. The molecule has 3 saturated heterocycles. The van der Waals surface area contributed by atoms with E-state index in [1.807, 2.05) is 58.0 Å². The highest BCUT2D eigenvalue weighted by molar-refractivity contribution is 6.74. The first kappa shape index (κ1) is 38.3. The zero-order chi connectivity index (χ0) is 35.8. The lowest BCUT2D eigenvalue weighted by molar-refractivity contribution is -0.380. The maximum absolute atomic E-state index is 13.4. The van der Waals surface area contributed by atoms with Crippen molar-refractivity contribution in [2.45, 2.75) is 140 Å². The van der Waals surface area contributed by atoms with Crippen LogP contribution in [0.5, 0.6) is 0 Å². The Hall–Kier alpha value is -1.91. The van der Waals surface area contributed by atoms with Gasteiger partial charge in [-0.15, -0.1) is 0 Å². The quantitative estimate of drug-likeness (QED) is 0.175. The summed E-state index contributed by atoms with van der Waals surface area (Å²) >= 11 is 0. The largest absolute Gasteiger partial charge is 0.445 e. The van der Waals surface area contributed by atoms with Crippen LogP contribution in [-0.2, 0) is 53.7 Å². The Morgan fingerprint density at radius 1 is 0.980 bits per heavy atom. The van der Waals surface area contributed by atoms with E-state index in [1.165, 1.54) is 0 Å². The van der Waals surface area contributed by atoms with E-state index in [9.17, 15) is 4.79 Å². The lowest BCUT2D eigenvalue weighted by Crippen LogP contribution is -2.63. The average molecular weight is 708 g/mol. The number of amides is 1. The van der Waals surface area contributed by atoms with Crippen molar-refractivity contribution in [3.8, 4) is 0 Å². The average Bonchev–Trinajstić information content (AvgIpc) is 3.36. The smallest absolute Gasteiger partial charge is 0.408 e. The van der Waals surface area contributed by atoms with Gasteiger partial charge in [-0.25, -0.2) is 4.79 Å². The number of carbonyl (C=O) groups is 1. The molecule has 49 heavy (non-hydrogen) atoms. The standard InChI is InChI=1S/C36H57NO11Si/c1-34(2,3)49(10,11)48-30-25(37-33(38)41-19-22-15-13-12-14-16-22)18-23(27-31(30)47-36(6,7)45-27)17-24-28-26(20-43-35(4,5)46-28)44-32(40-9)29(24)42-21-39-8/h12-16,18,24-32H,17,19-21H2,1-11H3,(H,37,38)/t24-,25-,26-,27-,28-,29-,30-,31-,32+/m1/s1. The summed E-state index contributed by atoms with van der Waals surface area (Å²) in [5.74, 6) is -1.99. The van der Waals surface area contributed by atoms with Crippen LogP contribution >= 0.6 is 0 Å². The molecule has 1 aliphatic carbocycles. The molecule has 0 spiro atoms. The van der Waals surface area contributed by atoms with Crippen molar-refractivity contribution in [2.24, 2.45) is 5.92 Å². The highest BCUT2D eigenvalue weighted by Gasteiger charge is 2.57. The van der Waals surface area contributed by atoms with Crippen LogP contribution in [0.1, 0.15) is 60.5 Å². The van der Waals surface area contributed by atoms with Crippen LogP contribution in [0.4, 0.5) is 4.79 Å². The van der Waals surface area contributed by atoms with Crippen LogP contribution < -0.4 is 5.32 Å². The number of hydrogen-bond donors (Lipinski definition) is 1. The molecule has 0 radical (unpaired) electrons. The van der Waals surface area contributed by atoms with E-state index < -0.39 is 68.8 Å². The predicted molar refractivity (Wildman–Crippen MR) is 183 cm³/mol. The van der Waals surface area contributed by atoms with Gasteiger partial charge < -0.3 is 52.4 Å². The summed E-state index contributed by atoms with van der Waals surface area (Å²) in [5, 5.41) is 3.04. The minimum absolute atomic E-state index is 0.0409. The SMILES string of the molecule is COCO[C@H]1[C@@H](OC)O[C@@H]2COC(C)(C)O[C@@H]2[C@H]1CC1=C[C@@H](NC(=O)OCc2ccccc2)[C@@H](O[Si](C)(C)C(C)(C)C)[C@@H]2OC(C)(C)O[C@H]12. The minimum Gasteiger partial charge on any atom is -0.445 e. The third-order valence-corrected chi connectivity index (χ3v) is 14.7. The Labute approximate surface area is 292 Å². The van der Waals surface area contributed by atoms with Crippen molar-refractivity contribution >= 4 is 14.4 Å². The molecular weight excluding hydrogens is 650 g/mol. The van der Waals surface area contributed by atoms with Crippen molar-refractivity contribution in [3.63, 3.8) is 0 Å². The highest BCUT2D eigenvalue weighted by atomic mass is 28.4. The van der Waals surface area contributed by atoms with E-state index in [-0.39, 0.29) is 30.5 Å². The molecule has 3 fully saturated rings. The number of methoxy groups -OCH3 is 2. The van der Waals surface area contributed by atoms with E-state index in [0.29, 0.717) is 13.0 Å². The maximum atomic E-state index is 13.4. The molecule has 1 aromatic carbocycles. The van der Waals surface area contributed by atoms with Crippen LogP contribution in [0.25, 0.3) is 0 Å². The van der Waals surface area contributed by atoms with E-state index in [0.717, 1.165) is 11.1 Å². The Morgan fingerprint density at radius 2 is 1.67 bits per heavy atom. The van der Waals surface area contributed by atoms with Gasteiger partial charge in [0.15, 0.2) is 26.2 Å². The summed E-state index contributed by atoms with van der Waals surface area (Å²) in [4.78, 5) is 13.4. The third kappa shape index (κ3) is 8.94. The van der Waals surface area contributed by atoms with Crippen molar-refractivity contribution in [1.29, 1.82) is 0 Å². The summed E-state index contributed by atoms with van der Waals surface area (Å²) in [7, 11) is 0.806. The second-order valence-corrected chi connectivity index (χ2v) is 20.6. The number of rotatable bonds is 11. The Kier molecular flexibility index (Phi) is 11.7. The van der Waals surface area contributed by atoms with E-state index in [2.05, 4.69) is 45.3 Å². The second kappa shape index (κ2) is 15.0. The molecule has 0 unspecified atom stereocenters. The topological polar surface area (TPSA) is 121 Å². The minimum atomic E-state index is -2.36. The lowest BCUT2D eigenvalue weighted by atomic mass is 9.78. The molecule has 1 aromatic rings. The van der Waals surface area contributed by atoms with Gasteiger partial charge >= 0.3 is 6.09 Å². The molecule has 276 valence electrons. The first-order valence-electron chi connectivity index (χ1n) is 17.3. The monoisotopic (exact) mass is 707 g/mol. The predicted octanol–water partition coefficient (Wildman–Crippen LogP) is 5.65. The Morgan fingerprint density at radius 3 is 2.33 bits per heavy atom. The van der Waals surface area contributed by atoms with Crippen molar-refractivity contribution in [2.75, 3.05) is 27.6 Å². The fourth-order valence-corrected chi connectivity index (χ4v) is 8.10. The summed E-state index contributed by atoms with van der Waals surface area (Å²) in [5.41, 5.74) is 1.82. The van der Waals surface area contributed by atoms with Gasteiger partial charge in [0.1, 0.15) is 37.8 Å². The molecule has 1 amide bonds. The number of alkyl carbamates (subject to hydrolysis) is 1. The van der Waals surface area contributed by atoms with E-state index in [1.54, 1.807) is 14.2 Å².